The number of nitrogens with zero attached hydrogens (tertiary/aromatic N) is 1. The van der Waals surface area contributed by atoms with Crippen LogP contribution in [0.15, 0.2) is 24.3 Å². The largest absolute Gasteiger partial charge is 0.479 e. The van der Waals surface area contributed by atoms with Crippen LogP contribution in [0.2, 0.25) is 0 Å². The quantitative estimate of drug-likeness (QED) is 0.822. The number of rotatable bonds is 6. The first-order chi connectivity index (χ1) is 10.5. The maximum absolute atomic E-state index is 12.3. The van der Waals surface area contributed by atoms with Gasteiger partial charge in [0.2, 0.25) is 5.91 Å². The number of benzene rings is 1. The van der Waals surface area contributed by atoms with Crippen LogP contribution in [0.3, 0.4) is 0 Å². The molecule has 120 valence electrons. The maximum Gasteiger partial charge on any atom is 0.267 e. The molecule has 1 aliphatic heterocycles. The minimum Gasteiger partial charge on any atom is -0.479 e. The summed E-state index contributed by atoms with van der Waals surface area (Å²) < 4.78 is 5.57. The highest BCUT2D eigenvalue weighted by Gasteiger charge is 2.31. The first-order valence-corrected chi connectivity index (χ1v) is 7.58. The molecule has 1 aliphatic rings. The van der Waals surface area contributed by atoms with E-state index in [2.05, 4.69) is 5.32 Å². The van der Waals surface area contributed by atoms with Crippen molar-refractivity contribution in [1.82, 2.24) is 5.32 Å². The standard InChI is InChI=1S/C16H23N3O3/c1-11(17)7-9-18-15(20)8-10-19-13-5-3-4-6-14(13)22-12(2)16(19)21/h3-6,11-12H,7-10,17H2,1-2H3,(H,18,20). The van der Waals surface area contributed by atoms with Gasteiger partial charge in [-0.3, -0.25) is 9.59 Å². The van der Waals surface area contributed by atoms with E-state index >= 15 is 0 Å². The summed E-state index contributed by atoms with van der Waals surface area (Å²) in [6, 6.07) is 7.43. The Kier molecular flexibility index (Phi) is 5.38. The molecule has 0 spiro atoms. The Bertz CT molecular complexity index is 545. The van der Waals surface area contributed by atoms with Crippen molar-refractivity contribution < 1.29 is 14.3 Å². The smallest absolute Gasteiger partial charge is 0.267 e. The van der Waals surface area contributed by atoms with Gasteiger partial charge in [-0.15, -0.1) is 0 Å². The van der Waals surface area contributed by atoms with Crippen molar-refractivity contribution in [3.8, 4) is 5.75 Å². The van der Waals surface area contributed by atoms with Crippen molar-refractivity contribution >= 4 is 17.5 Å². The first kappa shape index (κ1) is 16.3. The molecule has 0 aromatic heterocycles. The van der Waals surface area contributed by atoms with Gasteiger partial charge in [0.25, 0.3) is 5.91 Å². The van der Waals surface area contributed by atoms with Gasteiger partial charge in [0.05, 0.1) is 5.69 Å². The molecule has 0 radical (unpaired) electrons. The van der Waals surface area contributed by atoms with Gasteiger partial charge in [-0.1, -0.05) is 12.1 Å². The van der Waals surface area contributed by atoms with Gasteiger partial charge in [-0.25, -0.2) is 0 Å². The van der Waals surface area contributed by atoms with Crippen LogP contribution in [0, 0.1) is 0 Å². The van der Waals surface area contributed by atoms with E-state index in [9.17, 15) is 9.59 Å². The average Bonchev–Trinajstić information content (AvgIpc) is 2.47. The summed E-state index contributed by atoms with van der Waals surface area (Å²) >= 11 is 0. The summed E-state index contributed by atoms with van der Waals surface area (Å²) in [6.07, 6.45) is 0.462. The summed E-state index contributed by atoms with van der Waals surface area (Å²) in [4.78, 5) is 25.7. The molecule has 2 rings (SSSR count). The van der Waals surface area contributed by atoms with Crippen molar-refractivity contribution in [3.05, 3.63) is 24.3 Å². The molecule has 0 bridgehead atoms. The van der Waals surface area contributed by atoms with E-state index in [1.807, 2.05) is 31.2 Å². The van der Waals surface area contributed by atoms with Crippen molar-refractivity contribution in [3.63, 3.8) is 0 Å². The fraction of sp³-hybridized carbons (Fsp3) is 0.500. The molecule has 1 heterocycles. The predicted molar refractivity (Wildman–Crippen MR) is 84.8 cm³/mol. The molecule has 1 aromatic rings. The van der Waals surface area contributed by atoms with Crippen molar-refractivity contribution in [2.45, 2.75) is 38.8 Å². The lowest BCUT2D eigenvalue weighted by atomic mass is 10.1. The number of hydrogen-bond acceptors (Lipinski definition) is 4. The Morgan fingerprint density at radius 1 is 1.45 bits per heavy atom. The van der Waals surface area contributed by atoms with Crippen LogP contribution in [0.1, 0.15) is 26.7 Å². The van der Waals surface area contributed by atoms with E-state index in [1.54, 1.807) is 11.8 Å². The van der Waals surface area contributed by atoms with Gasteiger partial charge in [0, 0.05) is 25.6 Å². The van der Waals surface area contributed by atoms with Crippen LogP contribution in [0.5, 0.6) is 5.75 Å². The lowest BCUT2D eigenvalue weighted by Gasteiger charge is -2.32. The van der Waals surface area contributed by atoms with Crippen molar-refractivity contribution in [1.29, 1.82) is 0 Å². The molecule has 6 heteroatoms. The summed E-state index contributed by atoms with van der Waals surface area (Å²) in [6.45, 7) is 4.51. The molecule has 22 heavy (non-hydrogen) atoms. The topological polar surface area (TPSA) is 84.7 Å². The first-order valence-electron chi connectivity index (χ1n) is 7.58. The Morgan fingerprint density at radius 2 is 2.18 bits per heavy atom. The van der Waals surface area contributed by atoms with Crippen molar-refractivity contribution in [2.75, 3.05) is 18.0 Å². The molecule has 1 aromatic carbocycles. The minimum absolute atomic E-state index is 0.0637. The monoisotopic (exact) mass is 305 g/mol. The second-order valence-electron chi connectivity index (χ2n) is 5.58. The Labute approximate surface area is 130 Å². The number of nitrogens with two attached hydrogens (primary N) is 1. The molecule has 0 saturated heterocycles. The maximum atomic E-state index is 12.3. The fourth-order valence-electron chi connectivity index (χ4n) is 2.33. The molecule has 0 aliphatic carbocycles. The Balaban J connectivity index is 1.94. The number of amides is 2. The number of fused-ring (bicyclic) bond motifs is 1. The molecule has 2 unspecified atom stereocenters. The summed E-state index contributed by atoms with van der Waals surface area (Å²) in [5, 5.41) is 2.82. The normalized spacial score (nSPS) is 18.4. The van der Waals surface area contributed by atoms with E-state index in [-0.39, 0.29) is 24.3 Å². The number of anilines is 1. The van der Waals surface area contributed by atoms with Crippen LogP contribution in [-0.4, -0.2) is 37.0 Å². The van der Waals surface area contributed by atoms with Gasteiger partial charge in [-0.2, -0.15) is 0 Å². The van der Waals surface area contributed by atoms with E-state index in [0.29, 0.717) is 24.5 Å². The number of nitrogens with one attached hydrogen (secondary N) is 1. The van der Waals surface area contributed by atoms with E-state index in [0.717, 1.165) is 6.42 Å². The third-order valence-electron chi connectivity index (χ3n) is 3.56. The van der Waals surface area contributed by atoms with Gasteiger partial charge in [0.15, 0.2) is 6.10 Å². The van der Waals surface area contributed by atoms with Crippen LogP contribution in [-0.2, 0) is 9.59 Å². The SMILES string of the molecule is CC(N)CCNC(=O)CCN1C(=O)C(C)Oc2ccccc21. The molecule has 0 saturated carbocycles. The summed E-state index contributed by atoms with van der Waals surface area (Å²) in [5.41, 5.74) is 6.35. The molecule has 2 amide bonds. The molecular formula is C16H23N3O3. The third-order valence-corrected chi connectivity index (χ3v) is 3.56. The zero-order valence-corrected chi connectivity index (χ0v) is 13.0. The lowest BCUT2D eigenvalue weighted by molar-refractivity contribution is -0.125. The number of para-hydroxylation sites is 2. The summed E-state index contributed by atoms with van der Waals surface area (Å²) in [7, 11) is 0. The van der Waals surface area contributed by atoms with Crippen LogP contribution in [0.4, 0.5) is 5.69 Å². The Morgan fingerprint density at radius 3 is 2.91 bits per heavy atom. The second-order valence-corrected chi connectivity index (χ2v) is 5.58. The fourth-order valence-corrected chi connectivity index (χ4v) is 2.33. The van der Waals surface area contributed by atoms with Gasteiger partial charge < -0.3 is 20.7 Å². The number of carbonyl (C=O) groups is 2. The van der Waals surface area contributed by atoms with Gasteiger partial charge >= 0.3 is 0 Å². The Hall–Kier alpha value is -2.08. The molecule has 0 fully saturated rings. The molecule has 6 nitrogen and oxygen atoms in total. The highest BCUT2D eigenvalue weighted by Crippen LogP contribution is 2.33. The zero-order valence-electron chi connectivity index (χ0n) is 13.0. The highest BCUT2D eigenvalue weighted by atomic mass is 16.5. The number of hydrogen-bond donors (Lipinski definition) is 2. The van der Waals surface area contributed by atoms with Crippen LogP contribution in [0.25, 0.3) is 0 Å². The van der Waals surface area contributed by atoms with Crippen LogP contribution >= 0.6 is 0 Å². The van der Waals surface area contributed by atoms with Gasteiger partial charge in [0.1, 0.15) is 5.75 Å². The number of ether oxygens (including phenoxy) is 1. The van der Waals surface area contributed by atoms with Crippen molar-refractivity contribution in [2.24, 2.45) is 5.73 Å². The lowest BCUT2D eigenvalue weighted by Crippen LogP contribution is -2.45. The molecular weight excluding hydrogens is 282 g/mol. The highest BCUT2D eigenvalue weighted by molar-refractivity contribution is 6.00. The minimum atomic E-state index is -0.531. The van der Waals surface area contributed by atoms with Gasteiger partial charge in [-0.05, 0) is 32.4 Å². The van der Waals surface area contributed by atoms with E-state index in [1.165, 1.54) is 0 Å². The average molecular weight is 305 g/mol. The molecule has 3 N–H and O–H groups in total. The number of carbonyl (C=O) groups excluding carboxylic acids is 2. The van der Waals surface area contributed by atoms with E-state index < -0.39 is 6.10 Å². The van der Waals surface area contributed by atoms with E-state index in [4.69, 9.17) is 10.5 Å². The third kappa shape index (κ3) is 3.98. The molecule has 2 atom stereocenters. The predicted octanol–water partition coefficient (Wildman–Crippen LogP) is 1.04. The van der Waals surface area contributed by atoms with Crippen LogP contribution < -0.4 is 20.7 Å². The second kappa shape index (κ2) is 7.26. The summed E-state index contributed by atoms with van der Waals surface area (Å²) in [5.74, 6) is 0.471. The zero-order chi connectivity index (χ0) is 16.1.